The highest BCUT2D eigenvalue weighted by Crippen LogP contribution is 2.38. The van der Waals surface area contributed by atoms with Crippen LogP contribution in [0.1, 0.15) is 26.7 Å². The standard InChI is InChI=1S/C17H32N4O2.HI/c1-16(2)13-23-11-9-21(16)8-6-19-15(18-3)20-7-4-17(12-20)5-10-22-14-17;/h4-14H2,1-3H3,(H,18,19);1H. The third-order valence-corrected chi connectivity index (χ3v) is 5.62. The Kier molecular flexibility index (Phi) is 7.16. The van der Waals surface area contributed by atoms with Gasteiger partial charge in [-0.25, -0.2) is 0 Å². The molecule has 3 fully saturated rings. The second-order valence-electron chi connectivity index (χ2n) is 7.80. The summed E-state index contributed by atoms with van der Waals surface area (Å²) in [5.41, 5.74) is 0.506. The predicted octanol–water partition coefficient (Wildman–Crippen LogP) is 1.40. The number of hydrogen-bond donors (Lipinski definition) is 1. The number of aliphatic imine (C=N–C) groups is 1. The minimum Gasteiger partial charge on any atom is -0.381 e. The van der Waals surface area contributed by atoms with Crippen LogP contribution in [0.15, 0.2) is 4.99 Å². The summed E-state index contributed by atoms with van der Waals surface area (Å²) in [4.78, 5) is 9.40. The first-order chi connectivity index (χ1) is 11.0. The van der Waals surface area contributed by atoms with Gasteiger partial charge in [-0.2, -0.15) is 0 Å². The molecule has 1 unspecified atom stereocenters. The van der Waals surface area contributed by atoms with E-state index in [-0.39, 0.29) is 29.5 Å². The van der Waals surface area contributed by atoms with Crippen molar-refractivity contribution in [1.82, 2.24) is 15.1 Å². The van der Waals surface area contributed by atoms with Crippen LogP contribution < -0.4 is 5.32 Å². The fourth-order valence-electron chi connectivity index (χ4n) is 4.03. The largest absolute Gasteiger partial charge is 0.381 e. The maximum absolute atomic E-state index is 5.62. The van der Waals surface area contributed by atoms with Gasteiger partial charge in [0.2, 0.25) is 0 Å². The minimum absolute atomic E-state index is 0. The number of halogens is 1. The number of nitrogens with zero attached hydrogens (tertiary/aromatic N) is 3. The zero-order valence-electron chi connectivity index (χ0n) is 15.3. The van der Waals surface area contributed by atoms with E-state index in [9.17, 15) is 0 Å². The van der Waals surface area contributed by atoms with Crippen molar-refractivity contribution in [2.75, 3.05) is 66.2 Å². The normalized spacial score (nSPS) is 30.6. The summed E-state index contributed by atoms with van der Waals surface area (Å²) >= 11 is 0. The van der Waals surface area contributed by atoms with Crippen LogP contribution in [0.25, 0.3) is 0 Å². The van der Waals surface area contributed by atoms with Crippen LogP contribution in [0, 0.1) is 5.41 Å². The molecule has 0 radical (unpaired) electrons. The lowest BCUT2D eigenvalue weighted by atomic mass is 9.87. The average molecular weight is 452 g/mol. The van der Waals surface area contributed by atoms with Crippen molar-refractivity contribution in [3.05, 3.63) is 0 Å². The fourth-order valence-corrected chi connectivity index (χ4v) is 4.03. The smallest absolute Gasteiger partial charge is 0.193 e. The molecule has 0 aromatic carbocycles. The summed E-state index contributed by atoms with van der Waals surface area (Å²) < 4.78 is 11.2. The molecule has 0 saturated carbocycles. The summed E-state index contributed by atoms with van der Waals surface area (Å²) in [5.74, 6) is 1.04. The van der Waals surface area contributed by atoms with Gasteiger partial charge in [-0.1, -0.05) is 0 Å². The summed E-state index contributed by atoms with van der Waals surface area (Å²) in [6.07, 6.45) is 2.42. The van der Waals surface area contributed by atoms with Crippen LogP contribution in [-0.4, -0.2) is 87.5 Å². The van der Waals surface area contributed by atoms with E-state index in [4.69, 9.17) is 9.47 Å². The SMILES string of the molecule is CN=C(NCCN1CCOCC1(C)C)N1CCC2(CCOC2)C1.I. The van der Waals surface area contributed by atoms with E-state index < -0.39 is 0 Å². The number of likely N-dealkylation sites (tertiary alicyclic amines) is 1. The fraction of sp³-hybridized carbons (Fsp3) is 0.941. The first kappa shape index (κ1) is 20.2. The molecule has 3 aliphatic rings. The molecule has 0 aliphatic carbocycles. The van der Waals surface area contributed by atoms with Gasteiger partial charge in [-0.05, 0) is 26.7 Å². The molecule has 1 atom stereocenters. The third kappa shape index (κ3) is 4.53. The molecule has 0 amide bonds. The Balaban J connectivity index is 0.00000208. The lowest BCUT2D eigenvalue weighted by molar-refractivity contribution is -0.0496. The third-order valence-electron chi connectivity index (χ3n) is 5.62. The number of nitrogens with one attached hydrogen (secondary N) is 1. The van der Waals surface area contributed by atoms with Crippen molar-refractivity contribution in [3.63, 3.8) is 0 Å². The van der Waals surface area contributed by atoms with E-state index in [1.54, 1.807) is 0 Å². The van der Waals surface area contributed by atoms with Crippen LogP contribution in [0.5, 0.6) is 0 Å². The highest BCUT2D eigenvalue weighted by molar-refractivity contribution is 14.0. The summed E-state index contributed by atoms with van der Waals surface area (Å²) in [5, 5.41) is 3.56. The van der Waals surface area contributed by atoms with Gasteiger partial charge < -0.3 is 19.7 Å². The van der Waals surface area contributed by atoms with Gasteiger partial charge in [0.05, 0.1) is 19.8 Å². The van der Waals surface area contributed by atoms with Crippen LogP contribution in [0.4, 0.5) is 0 Å². The molecular weight excluding hydrogens is 419 g/mol. The summed E-state index contributed by atoms with van der Waals surface area (Å²) in [6, 6.07) is 0. The highest BCUT2D eigenvalue weighted by Gasteiger charge is 2.42. The van der Waals surface area contributed by atoms with Crippen LogP contribution in [0.3, 0.4) is 0 Å². The van der Waals surface area contributed by atoms with Crippen molar-refractivity contribution in [2.24, 2.45) is 10.4 Å². The molecule has 0 aromatic heterocycles. The Labute approximate surface area is 163 Å². The Morgan fingerprint density at radius 2 is 1.92 bits per heavy atom. The molecule has 0 aromatic rings. The number of ether oxygens (including phenoxy) is 2. The van der Waals surface area contributed by atoms with Crippen LogP contribution >= 0.6 is 24.0 Å². The van der Waals surface area contributed by atoms with E-state index in [0.717, 1.165) is 65.1 Å². The van der Waals surface area contributed by atoms with Gasteiger partial charge in [-0.15, -0.1) is 24.0 Å². The second kappa shape index (κ2) is 8.51. The molecule has 6 nitrogen and oxygen atoms in total. The number of rotatable bonds is 3. The molecule has 140 valence electrons. The number of morpholine rings is 1. The minimum atomic E-state index is 0. The number of hydrogen-bond acceptors (Lipinski definition) is 4. The van der Waals surface area contributed by atoms with Gasteiger partial charge in [-0.3, -0.25) is 9.89 Å². The molecule has 3 rings (SSSR count). The Bertz CT molecular complexity index is 438. The number of guanidine groups is 1. The second-order valence-corrected chi connectivity index (χ2v) is 7.80. The van der Waals surface area contributed by atoms with Crippen molar-refractivity contribution >= 4 is 29.9 Å². The van der Waals surface area contributed by atoms with Crippen molar-refractivity contribution in [3.8, 4) is 0 Å². The molecule has 0 bridgehead atoms. The maximum Gasteiger partial charge on any atom is 0.193 e. The Hall–Kier alpha value is -0.120. The van der Waals surface area contributed by atoms with Gasteiger partial charge >= 0.3 is 0 Å². The first-order valence-corrected chi connectivity index (χ1v) is 8.91. The quantitative estimate of drug-likeness (QED) is 0.399. The maximum atomic E-state index is 5.62. The van der Waals surface area contributed by atoms with Gasteiger partial charge in [0.25, 0.3) is 0 Å². The molecule has 1 N–H and O–H groups in total. The average Bonchev–Trinajstić information content (AvgIpc) is 3.15. The molecule has 3 saturated heterocycles. The van der Waals surface area contributed by atoms with E-state index in [0.29, 0.717) is 5.41 Å². The lowest BCUT2D eigenvalue weighted by Crippen LogP contribution is -2.55. The molecule has 24 heavy (non-hydrogen) atoms. The van der Waals surface area contributed by atoms with Gasteiger partial charge in [0.1, 0.15) is 0 Å². The first-order valence-electron chi connectivity index (χ1n) is 8.91. The van der Waals surface area contributed by atoms with Crippen molar-refractivity contribution < 1.29 is 9.47 Å². The molecule has 7 heteroatoms. The van der Waals surface area contributed by atoms with E-state index >= 15 is 0 Å². The van der Waals surface area contributed by atoms with E-state index in [1.807, 2.05) is 7.05 Å². The molecule has 1 spiro atoms. The van der Waals surface area contributed by atoms with Crippen LogP contribution in [0.2, 0.25) is 0 Å². The van der Waals surface area contributed by atoms with E-state index in [2.05, 4.69) is 34.0 Å². The Morgan fingerprint density at radius 1 is 1.12 bits per heavy atom. The van der Waals surface area contributed by atoms with E-state index in [1.165, 1.54) is 12.8 Å². The topological polar surface area (TPSA) is 49.3 Å². The summed E-state index contributed by atoms with van der Waals surface area (Å²) in [6.45, 7) is 13.1. The molecular formula is C17H33IN4O2. The van der Waals surface area contributed by atoms with Crippen LogP contribution in [-0.2, 0) is 9.47 Å². The lowest BCUT2D eigenvalue weighted by Gasteiger charge is -2.42. The molecule has 3 heterocycles. The zero-order chi connectivity index (χ0) is 16.3. The Morgan fingerprint density at radius 3 is 2.58 bits per heavy atom. The highest BCUT2D eigenvalue weighted by atomic mass is 127. The van der Waals surface area contributed by atoms with Crippen molar-refractivity contribution in [2.45, 2.75) is 32.2 Å². The monoisotopic (exact) mass is 452 g/mol. The van der Waals surface area contributed by atoms with Gasteiger partial charge in [0, 0.05) is 57.3 Å². The van der Waals surface area contributed by atoms with Crippen molar-refractivity contribution in [1.29, 1.82) is 0 Å². The summed E-state index contributed by atoms with van der Waals surface area (Å²) in [7, 11) is 1.89. The predicted molar refractivity (Wildman–Crippen MR) is 107 cm³/mol. The van der Waals surface area contributed by atoms with Gasteiger partial charge in [0.15, 0.2) is 5.96 Å². The molecule has 3 aliphatic heterocycles. The zero-order valence-corrected chi connectivity index (χ0v) is 17.7.